The Morgan fingerprint density at radius 1 is 1.38 bits per heavy atom. The van der Waals surface area contributed by atoms with Crippen molar-refractivity contribution < 1.29 is 9.90 Å². The summed E-state index contributed by atoms with van der Waals surface area (Å²) >= 11 is 0. The first kappa shape index (κ1) is 9.00. The molecule has 2 aliphatic rings. The molecule has 0 unspecified atom stereocenters. The second-order valence-corrected chi connectivity index (χ2v) is 4.28. The van der Waals surface area contributed by atoms with Crippen molar-refractivity contribution in [3.63, 3.8) is 0 Å². The highest BCUT2D eigenvalue weighted by atomic mass is 16.3. The maximum Gasteiger partial charge on any atom is 0.222 e. The molecule has 0 radical (unpaired) electrons. The van der Waals surface area contributed by atoms with Gasteiger partial charge in [0.05, 0.1) is 6.10 Å². The molecule has 0 aromatic heterocycles. The quantitative estimate of drug-likeness (QED) is 0.687. The van der Waals surface area contributed by atoms with Crippen LogP contribution in [-0.2, 0) is 4.79 Å². The van der Waals surface area contributed by atoms with Gasteiger partial charge in [0.25, 0.3) is 0 Å². The molecular weight excluding hydrogens is 166 g/mol. The van der Waals surface area contributed by atoms with Crippen molar-refractivity contribution >= 4 is 5.91 Å². The molecule has 0 spiro atoms. The minimum absolute atomic E-state index is 0.251. The fourth-order valence-corrected chi connectivity index (χ4v) is 1.88. The molecule has 0 bridgehead atoms. The molecule has 1 aliphatic heterocycles. The van der Waals surface area contributed by atoms with Gasteiger partial charge in [0.2, 0.25) is 5.91 Å². The van der Waals surface area contributed by atoms with E-state index in [4.69, 9.17) is 0 Å². The molecule has 1 aliphatic carbocycles. The van der Waals surface area contributed by atoms with Crippen LogP contribution in [0.3, 0.4) is 0 Å². The normalized spacial score (nSPS) is 29.0. The SMILES string of the molecule is O=C(CC1CC1)N1CCC[C@@H](O)C1. The highest BCUT2D eigenvalue weighted by Gasteiger charge is 2.28. The lowest BCUT2D eigenvalue weighted by molar-refractivity contribution is -0.134. The highest BCUT2D eigenvalue weighted by Crippen LogP contribution is 2.33. The van der Waals surface area contributed by atoms with Gasteiger partial charge in [0.15, 0.2) is 0 Å². The Morgan fingerprint density at radius 3 is 2.77 bits per heavy atom. The molecule has 1 saturated heterocycles. The van der Waals surface area contributed by atoms with Crippen LogP contribution in [0.1, 0.15) is 32.1 Å². The van der Waals surface area contributed by atoms with Crippen LogP contribution < -0.4 is 0 Å². The van der Waals surface area contributed by atoms with Crippen LogP contribution in [-0.4, -0.2) is 35.1 Å². The smallest absolute Gasteiger partial charge is 0.222 e. The van der Waals surface area contributed by atoms with Gasteiger partial charge in [-0.25, -0.2) is 0 Å². The Balaban J connectivity index is 1.80. The summed E-state index contributed by atoms with van der Waals surface area (Å²) < 4.78 is 0. The minimum Gasteiger partial charge on any atom is -0.391 e. The molecule has 2 rings (SSSR count). The molecule has 74 valence electrons. The first-order valence-corrected chi connectivity index (χ1v) is 5.21. The van der Waals surface area contributed by atoms with E-state index in [0.29, 0.717) is 18.9 Å². The van der Waals surface area contributed by atoms with Crippen molar-refractivity contribution in [2.45, 2.75) is 38.2 Å². The topological polar surface area (TPSA) is 40.5 Å². The summed E-state index contributed by atoms with van der Waals surface area (Å²) in [5, 5.41) is 9.38. The van der Waals surface area contributed by atoms with E-state index in [2.05, 4.69) is 0 Å². The highest BCUT2D eigenvalue weighted by molar-refractivity contribution is 5.76. The Labute approximate surface area is 78.7 Å². The zero-order valence-corrected chi connectivity index (χ0v) is 7.91. The van der Waals surface area contributed by atoms with E-state index >= 15 is 0 Å². The number of carbonyl (C=O) groups excluding carboxylic acids is 1. The van der Waals surface area contributed by atoms with Gasteiger partial charge in [0, 0.05) is 19.5 Å². The molecule has 0 aromatic rings. The Kier molecular flexibility index (Phi) is 2.54. The summed E-state index contributed by atoms with van der Waals surface area (Å²) in [6.45, 7) is 1.41. The van der Waals surface area contributed by atoms with Crippen molar-refractivity contribution in [1.29, 1.82) is 0 Å². The predicted molar refractivity (Wildman–Crippen MR) is 49.2 cm³/mol. The largest absolute Gasteiger partial charge is 0.391 e. The van der Waals surface area contributed by atoms with Crippen LogP contribution in [0.25, 0.3) is 0 Å². The molecule has 1 amide bonds. The Morgan fingerprint density at radius 2 is 2.15 bits per heavy atom. The van der Waals surface area contributed by atoms with Crippen LogP contribution in [0.2, 0.25) is 0 Å². The molecule has 1 saturated carbocycles. The third-order valence-corrected chi connectivity index (χ3v) is 2.91. The summed E-state index contributed by atoms with van der Waals surface area (Å²) in [6, 6.07) is 0. The van der Waals surface area contributed by atoms with E-state index in [0.717, 1.165) is 19.4 Å². The molecule has 0 aromatic carbocycles. The number of rotatable bonds is 2. The second-order valence-electron chi connectivity index (χ2n) is 4.28. The Bertz CT molecular complexity index is 201. The van der Waals surface area contributed by atoms with Crippen LogP contribution >= 0.6 is 0 Å². The molecule has 3 nitrogen and oxygen atoms in total. The number of likely N-dealkylation sites (tertiary alicyclic amines) is 1. The lowest BCUT2D eigenvalue weighted by Crippen LogP contribution is -2.42. The number of amides is 1. The van der Waals surface area contributed by atoms with E-state index in [9.17, 15) is 9.90 Å². The lowest BCUT2D eigenvalue weighted by atomic mass is 10.1. The first-order valence-electron chi connectivity index (χ1n) is 5.21. The van der Waals surface area contributed by atoms with Crippen LogP contribution in [0.15, 0.2) is 0 Å². The van der Waals surface area contributed by atoms with Crippen molar-refractivity contribution in [2.75, 3.05) is 13.1 Å². The van der Waals surface area contributed by atoms with Crippen molar-refractivity contribution in [2.24, 2.45) is 5.92 Å². The molecule has 3 heteroatoms. The number of nitrogens with zero attached hydrogens (tertiary/aromatic N) is 1. The number of aliphatic hydroxyl groups excluding tert-OH is 1. The third-order valence-electron chi connectivity index (χ3n) is 2.91. The monoisotopic (exact) mass is 183 g/mol. The molecule has 1 atom stereocenters. The molecule has 2 fully saturated rings. The van der Waals surface area contributed by atoms with E-state index in [1.165, 1.54) is 12.8 Å². The van der Waals surface area contributed by atoms with Gasteiger partial charge in [-0.2, -0.15) is 0 Å². The predicted octanol–water partition coefficient (Wildman–Crippen LogP) is 0.770. The zero-order valence-electron chi connectivity index (χ0n) is 7.91. The average molecular weight is 183 g/mol. The first-order chi connectivity index (χ1) is 6.25. The number of piperidine rings is 1. The van der Waals surface area contributed by atoms with Gasteiger partial charge < -0.3 is 10.0 Å². The summed E-state index contributed by atoms with van der Waals surface area (Å²) in [4.78, 5) is 13.4. The van der Waals surface area contributed by atoms with Crippen molar-refractivity contribution in [3.05, 3.63) is 0 Å². The van der Waals surface area contributed by atoms with Gasteiger partial charge in [0.1, 0.15) is 0 Å². The van der Waals surface area contributed by atoms with Gasteiger partial charge >= 0.3 is 0 Å². The standard InChI is InChI=1S/C10H17NO2/c12-9-2-1-5-11(7-9)10(13)6-8-3-4-8/h8-9,12H,1-7H2/t9-/m1/s1. The summed E-state index contributed by atoms with van der Waals surface area (Å²) in [7, 11) is 0. The van der Waals surface area contributed by atoms with E-state index in [-0.39, 0.29) is 12.0 Å². The number of β-amino-alcohol motifs (C(OH)–C–C–N with tert-alkyl or cyclic N) is 1. The average Bonchev–Trinajstić information content (AvgIpc) is 2.88. The second kappa shape index (κ2) is 3.66. The fourth-order valence-electron chi connectivity index (χ4n) is 1.88. The Hall–Kier alpha value is -0.570. The lowest BCUT2D eigenvalue weighted by Gasteiger charge is -2.30. The molecule has 1 heterocycles. The zero-order chi connectivity index (χ0) is 9.26. The van der Waals surface area contributed by atoms with Crippen molar-refractivity contribution in [1.82, 2.24) is 4.90 Å². The maximum absolute atomic E-state index is 11.6. The molecular formula is C10H17NO2. The van der Waals surface area contributed by atoms with Crippen LogP contribution in [0, 0.1) is 5.92 Å². The van der Waals surface area contributed by atoms with Gasteiger partial charge in [-0.3, -0.25) is 4.79 Å². The van der Waals surface area contributed by atoms with Crippen molar-refractivity contribution in [3.8, 4) is 0 Å². The molecule has 1 N–H and O–H groups in total. The van der Waals surface area contributed by atoms with Gasteiger partial charge in [-0.1, -0.05) is 0 Å². The number of aliphatic hydroxyl groups is 1. The maximum atomic E-state index is 11.6. The van der Waals surface area contributed by atoms with E-state index in [1.807, 2.05) is 4.90 Å². The minimum atomic E-state index is -0.281. The van der Waals surface area contributed by atoms with Gasteiger partial charge in [-0.05, 0) is 31.6 Å². The summed E-state index contributed by atoms with van der Waals surface area (Å²) in [5.74, 6) is 0.910. The van der Waals surface area contributed by atoms with Crippen LogP contribution in [0.4, 0.5) is 0 Å². The summed E-state index contributed by atoms with van der Waals surface area (Å²) in [6.07, 6.45) is 4.69. The molecule has 13 heavy (non-hydrogen) atoms. The number of carbonyl (C=O) groups is 1. The van der Waals surface area contributed by atoms with E-state index in [1.54, 1.807) is 0 Å². The van der Waals surface area contributed by atoms with Crippen LogP contribution in [0.5, 0.6) is 0 Å². The third kappa shape index (κ3) is 2.44. The number of hydrogen-bond acceptors (Lipinski definition) is 2. The number of hydrogen-bond donors (Lipinski definition) is 1. The fraction of sp³-hybridized carbons (Fsp3) is 0.900. The van der Waals surface area contributed by atoms with Gasteiger partial charge in [-0.15, -0.1) is 0 Å². The van der Waals surface area contributed by atoms with E-state index < -0.39 is 0 Å². The summed E-state index contributed by atoms with van der Waals surface area (Å²) in [5.41, 5.74) is 0.